The molecule has 3 aromatic carbocycles. The van der Waals surface area contributed by atoms with Crippen LogP contribution in [0.25, 0.3) is 10.8 Å². The summed E-state index contributed by atoms with van der Waals surface area (Å²) < 4.78 is 4.94. The lowest BCUT2D eigenvalue weighted by Crippen LogP contribution is -2.34. The zero-order valence-corrected chi connectivity index (χ0v) is 16.6. The third-order valence-corrected chi connectivity index (χ3v) is 4.53. The summed E-state index contributed by atoms with van der Waals surface area (Å²) in [5.74, 6) is -0.729. The zero-order valence-electron chi connectivity index (χ0n) is 15.0. The quantitative estimate of drug-likeness (QED) is 0.476. The van der Waals surface area contributed by atoms with Crippen LogP contribution in [-0.2, 0) is 4.74 Å². The molecule has 142 valence electrons. The van der Waals surface area contributed by atoms with E-state index in [4.69, 9.17) is 28.6 Å². The highest BCUT2D eigenvalue weighted by Gasteiger charge is 2.13. The fraction of sp³-hybridized carbons (Fsp3) is 0.0952. The predicted octanol–water partition coefficient (Wildman–Crippen LogP) is 4.80. The van der Waals surface area contributed by atoms with Gasteiger partial charge >= 0.3 is 5.97 Å². The molecule has 0 saturated carbocycles. The van der Waals surface area contributed by atoms with Crippen molar-refractivity contribution in [1.82, 2.24) is 5.32 Å². The second-order valence-corrected chi connectivity index (χ2v) is 6.66. The Morgan fingerprint density at radius 3 is 2.39 bits per heavy atom. The maximum absolute atomic E-state index is 12.6. The monoisotopic (exact) mass is 412 g/mol. The molecule has 28 heavy (non-hydrogen) atoms. The molecule has 5 nitrogen and oxygen atoms in total. The molecule has 0 atom stereocenters. The number of fused-ring (bicyclic) bond motifs is 1. The van der Waals surface area contributed by atoms with E-state index in [2.05, 4.69) is 10.6 Å². The smallest absolute Gasteiger partial charge is 0.338 e. The highest BCUT2D eigenvalue weighted by molar-refractivity contribution is 7.80. The highest BCUT2D eigenvalue weighted by Crippen LogP contribution is 2.25. The normalized spacial score (nSPS) is 10.4. The van der Waals surface area contributed by atoms with Crippen molar-refractivity contribution < 1.29 is 14.3 Å². The van der Waals surface area contributed by atoms with Gasteiger partial charge in [0.15, 0.2) is 5.11 Å². The number of anilines is 1. The minimum atomic E-state index is -0.389. The van der Waals surface area contributed by atoms with Gasteiger partial charge in [0.2, 0.25) is 0 Å². The molecule has 0 aromatic heterocycles. The van der Waals surface area contributed by atoms with Crippen molar-refractivity contribution in [3.8, 4) is 0 Å². The van der Waals surface area contributed by atoms with E-state index in [-0.39, 0.29) is 17.0 Å². The number of hydrogen-bond acceptors (Lipinski definition) is 4. The fourth-order valence-electron chi connectivity index (χ4n) is 2.71. The van der Waals surface area contributed by atoms with Crippen LogP contribution in [0.1, 0.15) is 27.6 Å². The third-order valence-electron chi connectivity index (χ3n) is 3.99. The molecule has 0 fully saturated rings. The first-order valence-corrected chi connectivity index (χ1v) is 9.35. The van der Waals surface area contributed by atoms with Gasteiger partial charge in [-0.2, -0.15) is 0 Å². The minimum absolute atomic E-state index is 0.146. The van der Waals surface area contributed by atoms with E-state index < -0.39 is 0 Å². The van der Waals surface area contributed by atoms with Gasteiger partial charge < -0.3 is 10.1 Å². The van der Waals surface area contributed by atoms with Crippen molar-refractivity contribution >= 4 is 57.3 Å². The van der Waals surface area contributed by atoms with Gasteiger partial charge in [-0.15, -0.1) is 0 Å². The molecular weight excluding hydrogens is 396 g/mol. The van der Waals surface area contributed by atoms with Crippen LogP contribution in [0.2, 0.25) is 5.02 Å². The van der Waals surface area contributed by atoms with Crippen LogP contribution in [0, 0.1) is 0 Å². The van der Waals surface area contributed by atoms with Gasteiger partial charge in [-0.25, -0.2) is 4.79 Å². The Morgan fingerprint density at radius 1 is 1.00 bits per heavy atom. The predicted molar refractivity (Wildman–Crippen MR) is 115 cm³/mol. The van der Waals surface area contributed by atoms with Crippen molar-refractivity contribution in [3.05, 3.63) is 76.8 Å². The van der Waals surface area contributed by atoms with Crippen LogP contribution in [0.15, 0.2) is 60.7 Å². The number of carbonyl (C=O) groups excluding carboxylic acids is 2. The Morgan fingerprint density at radius 2 is 1.68 bits per heavy atom. The molecule has 2 N–H and O–H groups in total. The number of esters is 1. The average Bonchev–Trinajstić information content (AvgIpc) is 2.68. The zero-order chi connectivity index (χ0) is 20.1. The van der Waals surface area contributed by atoms with E-state index >= 15 is 0 Å². The van der Waals surface area contributed by atoms with E-state index in [1.165, 1.54) is 0 Å². The highest BCUT2D eigenvalue weighted by atomic mass is 35.5. The Hall–Kier alpha value is -2.96. The first-order valence-electron chi connectivity index (χ1n) is 8.56. The fourth-order valence-corrected chi connectivity index (χ4v) is 3.15. The minimum Gasteiger partial charge on any atom is -0.462 e. The van der Waals surface area contributed by atoms with Crippen molar-refractivity contribution in [2.45, 2.75) is 6.92 Å². The summed E-state index contributed by atoms with van der Waals surface area (Å²) in [6.45, 7) is 2.06. The number of halogens is 1. The Kier molecular flexibility index (Phi) is 6.23. The molecule has 7 heteroatoms. The molecule has 0 heterocycles. The van der Waals surface area contributed by atoms with Crippen LogP contribution < -0.4 is 10.6 Å². The van der Waals surface area contributed by atoms with Crippen LogP contribution >= 0.6 is 23.8 Å². The molecule has 0 aliphatic heterocycles. The van der Waals surface area contributed by atoms with Gasteiger partial charge in [-0.05, 0) is 60.9 Å². The summed E-state index contributed by atoms with van der Waals surface area (Å²) in [7, 11) is 0. The molecule has 0 spiro atoms. The molecule has 3 rings (SSSR count). The van der Waals surface area contributed by atoms with E-state index in [9.17, 15) is 9.59 Å². The van der Waals surface area contributed by atoms with Crippen LogP contribution in [0.3, 0.4) is 0 Å². The molecule has 3 aromatic rings. The van der Waals surface area contributed by atoms with Gasteiger partial charge in [-0.3, -0.25) is 10.1 Å². The summed E-state index contributed by atoms with van der Waals surface area (Å²) in [5.41, 5.74) is 1.55. The second kappa shape index (κ2) is 8.82. The SMILES string of the molecule is CCOC(=O)c1ccc(NC(=S)NC(=O)c2cccc3c(Cl)cccc23)cc1. The molecule has 0 saturated heterocycles. The molecule has 0 radical (unpaired) electrons. The molecule has 1 amide bonds. The number of amides is 1. The van der Waals surface area contributed by atoms with Crippen molar-refractivity contribution in [2.75, 3.05) is 11.9 Å². The van der Waals surface area contributed by atoms with Gasteiger partial charge in [-0.1, -0.05) is 35.9 Å². The van der Waals surface area contributed by atoms with Crippen LogP contribution in [-0.4, -0.2) is 23.6 Å². The van der Waals surface area contributed by atoms with Crippen LogP contribution in [0.4, 0.5) is 5.69 Å². The average molecular weight is 413 g/mol. The second-order valence-electron chi connectivity index (χ2n) is 5.85. The van der Waals surface area contributed by atoms with Crippen molar-refractivity contribution in [1.29, 1.82) is 0 Å². The summed E-state index contributed by atoms with van der Waals surface area (Å²) >= 11 is 11.4. The van der Waals surface area contributed by atoms with E-state index in [1.807, 2.05) is 12.1 Å². The Labute approximate surface area is 172 Å². The van der Waals surface area contributed by atoms with Gasteiger partial charge in [0.05, 0.1) is 12.2 Å². The summed E-state index contributed by atoms with van der Waals surface area (Å²) in [6.07, 6.45) is 0. The number of rotatable bonds is 4. The molecule has 0 bridgehead atoms. The third kappa shape index (κ3) is 4.47. The molecule has 0 unspecified atom stereocenters. The lowest BCUT2D eigenvalue weighted by molar-refractivity contribution is 0.0526. The Bertz CT molecular complexity index is 1050. The lowest BCUT2D eigenvalue weighted by Gasteiger charge is -2.12. The van der Waals surface area contributed by atoms with Gasteiger partial charge in [0.1, 0.15) is 0 Å². The summed E-state index contributed by atoms with van der Waals surface area (Å²) in [4.78, 5) is 24.3. The lowest BCUT2D eigenvalue weighted by atomic mass is 10.0. The number of benzene rings is 3. The topological polar surface area (TPSA) is 67.4 Å². The van der Waals surface area contributed by atoms with E-state index in [0.29, 0.717) is 28.4 Å². The number of thiocarbonyl (C=S) groups is 1. The number of ether oxygens (including phenoxy) is 1. The van der Waals surface area contributed by atoms with Crippen LogP contribution in [0.5, 0.6) is 0 Å². The summed E-state index contributed by atoms with van der Waals surface area (Å²) in [5, 5.41) is 7.85. The molecular formula is C21H17ClN2O3S. The number of carbonyl (C=O) groups is 2. The largest absolute Gasteiger partial charge is 0.462 e. The number of nitrogens with one attached hydrogen (secondary N) is 2. The van der Waals surface area contributed by atoms with E-state index in [1.54, 1.807) is 55.5 Å². The first-order chi connectivity index (χ1) is 13.5. The van der Waals surface area contributed by atoms with Crippen molar-refractivity contribution in [2.24, 2.45) is 0 Å². The maximum atomic E-state index is 12.6. The molecule has 0 aliphatic carbocycles. The molecule has 0 aliphatic rings. The summed E-state index contributed by atoms with van der Waals surface area (Å²) in [6, 6.07) is 17.4. The standard InChI is InChI=1S/C21H17ClN2O3S/c1-2-27-20(26)13-9-11-14(12-10-13)23-21(28)24-19(25)17-7-3-6-16-15(17)5-4-8-18(16)22/h3-12H,2H2,1H3,(H2,23,24,25,28). The van der Waals surface area contributed by atoms with E-state index in [0.717, 1.165) is 10.8 Å². The Balaban J connectivity index is 1.69. The maximum Gasteiger partial charge on any atom is 0.338 e. The first kappa shape index (κ1) is 19.8. The van der Waals surface area contributed by atoms with Gasteiger partial charge in [0, 0.05) is 21.7 Å². The number of hydrogen-bond donors (Lipinski definition) is 2. The van der Waals surface area contributed by atoms with Crippen molar-refractivity contribution in [3.63, 3.8) is 0 Å². The van der Waals surface area contributed by atoms with Gasteiger partial charge in [0.25, 0.3) is 5.91 Å².